The molecule has 0 amide bonds. The fourth-order valence-corrected chi connectivity index (χ4v) is 2.80. The SMILES string of the molecule is CCS(=O)(=O)CCNC1CCOc2ccccc21. The topological polar surface area (TPSA) is 55.4 Å². The van der Waals surface area contributed by atoms with Crippen LogP contribution in [0.1, 0.15) is 24.9 Å². The molecule has 0 bridgehead atoms. The zero-order valence-corrected chi connectivity index (χ0v) is 11.4. The summed E-state index contributed by atoms with van der Waals surface area (Å²) < 4.78 is 28.4. The Kier molecular flexibility index (Phi) is 4.24. The molecule has 0 aliphatic carbocycles. The Hall–Kier alpha value is -1.07. The lowest BCUT2D eigenvalue weighted by Crippen LogP contribution is -2.31. The number of para-hydroxylation sites is 1. The number of nitrogens with one attached hydrogen (secondary N) is 1. The molecule has 2 rings (SSSR count). The third-order valence-corrected chi connectivity index (χ3v) is 4.91. The fraction of sp³-hybridized carbons (Fsp3) is 0.538. The summed E-state index contributed by atoms with van der Waals surface area (Å²) in [6.45, 7) is 2.85. The molecule has 1 unspecified atom stereocenters. The lowest BCUT2D eigenvalue weighted by Gasteiger charge is -2.26. The van der Waals surface area contributed by atoms with Gasteiger partial charge in [-0.1, -0.05) is 25.1 Å². The van der Waals surface area contributed by atoms with E-state index in [2.05, 4.69) is 5.32 Å². The molecule has 1 atom stereocenters. The number of fused-ring (bicyclic) bond motifs is 1. The van der Waals surface area contributed by atoms with Crippen molar-refractivity contribution >= 4 is 9.84 Å². The van der Waals surface area contributed by atoms with Gasteiger partial charge in [0.1, 0.15) is 5.75 Å². The van der Waals surface area contributed by atoms with E-state index in [4.69, 9.17) is 4.74 Å². The van der Waals surface area contributed by atoms with Crippen molar-refractivity contribution in [1.29, 1.82) is 0 Å². The largest absolute Gasteiger partial charge is 0.493 e. The van der Waals surface area contributed by atoms with Crippen LogP contribution in [0.5, 0.6) is 5.75 Å². The highest BCUT2D eigenvalue weighted by Crippen LogP contribution is 2.31. The average molecular weight is 269 g/mol. The highest BCUT2D eigenvalue weighted by molar-refractivity contribution is 7.91. The Balaban J connectivity index is 1.96. The van der Waals surface area contributed by atoms with Crippen LogP contribution in [0.2, 0.25) is 0 Å². The van der Waals surface area contributed by atoms with Crippen LogP contribution in [0.3, 0.4) is 0 Å². The molecule has 0 saturated heterocycles. The van der Waals surface area contributed by atoms with E-state index in [1.54, 1.807) is 6.92 Å². The van der Waals surface area contributed by atoms with E-state index in [0.29, 0.717) is 13.2 Å². The van der Waals surface area contributed by atoms with Gasteiger partial charge >= 0.3 is 0 Å². The van der Waals surface area contributed by atoms with Gasteiger partial charge in [-0.05, 0) is 6.07 Å². The van der Waals surface area contributed by atoms with Crippen molar-refractivity contribution in [1.82, 2.24) is 5.32 Å². The summed E-state index contributed by atoms with van der Waals surface area (Å²) in [6, 6.07) is 8.10. The van der Waals surface area contributed by atoms with E-state index < -0.39 is 9.84 Å². The van der Waals surface area contributed by atoms with Crippen LogP contribution in [-0.2, 0) is 9.84 Å². The van der Waals surface area contributed by atoms with Crippen molar-refractivity contribution in [3.05, 3.63) is 29.8 Å². The van der Waals surface area contributed by atoms with E-state index in [0.717, 1.165) is 17.7 Å². The summed E-state index contributed by atoms with van der Waals surface area (Å²) in [6.07, 6.45) is 0.878. The first-order valence-electron chi connectivity index (χ1n) is 6.28. The summed E-state index contributed by atoms with van der Waals surface area (Å²) in [7, 11) is -2.89. The highest BCUT2D eigenvalue weighted by Gasteiger charge is 2.20. The zero-order chi connectivity index (χ0) is 13.0. The second-order valence-electron chi connectivity index (χ2n) is 4.42. The Bertz CT molecular complexity index is 499. The predicted molar refractivity (Wildman–Crippen MR) is 71.6 cm³/mol. The minimum Gasteiger partial charge on any atom is -0.493 e. The highest BCUT2D eigenvalue weighted by atomic mass is 32.2. The quantitative estimate of drug-likeness (QED) is 0.881. The monoisotopic (exact) mass is 269 g/mol. The van der Waals surface area contributed by atoms with Gasteiger partial charge in [0.15, 0.2) is 9.84 Å². The summed E-state index contributed by atoms with van der Waals surface area (Å²) in [5.74, 6) is 1.31. The van der Waals surface area contributed by atoms with Gasteiger partial charge in [0, 0.05) is 30.3 Å². The van der Waals surface area contributed by atoms with Crippen molar-refractivity contribution in [2.75, 3.05) is 24.7 Å². The molecule has 18 heavy (non-hydrogen) atoms. The molecule has 0 spiro atoms. The molecule has 1 aliphatic rings. The molecule has 4 nitrogen and oxygen atoms in total. The van der Waals surface area contributed by atoms with Crippen molar-refractivity contribution in [2.45, 2.75) is 19.4 Å². The van der Waals surface area contributed by atoms with Gasteiger partial charge in [-0.25, -0.2) is 8.42 Å². The number of hydrogen-bond acceptors (Lipinski definition) is 4. The van der Waals surface area contributed by atoms with E-state index in [9.17, 15) is 8.42 Å². The van der Waals surface area contributed by atoms with Crippen molar-refractivity contribution in [3.63, 3.8) is 0 Å². The number of hydrogen-bond donors (Lipinski definition) is 1. The Labute approximate surface area is 108 Å². The van der Waals surface area contributed by atoms with Gasteiger partial charge < -0.3 is 10.1 Å². The minimum atomic E-state index is -2.89. The van der Waals surface area contributed by atoms with Crippen LogP contribution in [-0.4, -0.2) is 33.1 Å². The maximum Gasteiger partial charge on any atom is 0.151 e. The summed E-state index contributed by atoms with van der Waals surface area (Å²) in [5.41, 5.74) is 1.12. The van der Waals surface area contributed by atoms with Crippen molar-refractivity contribution in [2.24, 2.45) is 0 Å². The molecule has 0 saturated carbocycles. The number of ether oxygens (including phenoxy) is 1. The van der Waals surface area contributed by atoms with Gasteiger partial charge in [0.25, 0.3) is 0 Å². The summed E-state index contributed by atoms with van der Waals surface area (Å²) >= 11 is 0. The van der Waals surface area contributed by atoms with Crippen LogP contribution >= 0.6 is 0 Å². The summed E-state index contributed by atoms with van der Waals surface area (Å²) in [5, 5.41) is 3.31. The molecule has 100 valence electrons. The fourth-order valence-electron chi connectivity index (χ4n) is 2.09. The maximum atomic E-state index is 11.4. The molecule has 5 heteroatoms. The molecular formula is C13H19NO3S. The van der Waals surface area contributed by atoms with Crippen LogP contribution in [0.4, 0.5) is 0 Å². The first-order valence-corrected chi connectivity index (χ1v) is 8.10. The predicted octanol–water partition coefficient (Wildman–Crippen LogP) is 1.53. The molecule has 1 aromatic rings. The van der Waals surface area contributed by atoms with Crippen LogP contribution in [0.25, 0.3) is 0 Å². The lowest BCUT2D eigenvalue weighted by atomic mass is 10.0. The second-order valence-corrected chi connectivity index (χ2v) is 6.89. The van der Waals surface area contributed by atoms with Gasteiger partial charge in [-0.3, -0.25) is 0 Å². The average Bonchev–Trinajstić information content (AvgIpc) is 2.39. The van der Waals surface area contributed by atoms with Crippen LogP contribution in [0, 0.1) is 0 Å². The minimum absolute atomic E-state index is 0.196. The number of sulfone groups is 1. The normalized spacial score (nSPS) is 19.1. The maximum absolute atomic E-state index is 11.4. The van der Waals surface area contributed by atoms with Crippen LogP contribution < -0.4 is 10.1 Å². The third kappa shape index (κ3) is 3.23. The molecule has 1 aliphatic heterocycles. The Morgan fingerprint density at radius 2 is 2.17 bits per heavy atom. The smallest absolute Gasteiger partial charge is 0.151 e. The molecule has 1 heterocycles. The molecular weight excluding hydrogens is 250 g/mol. The van der Waals surface area contributed by atoms with E-state index in [-0.39, 0.29) is 17.5 Å². The Morgan fingerprint density at radius 3 is 2.94 bits per heavy atom. The zero-order valence-electron chi connectivity index (χ0n) is 10.6. The Morgan fingerprint density at radius 1 is 1.39 bits per heavy atom. The van der Waals surface area contributed by atoms with Crippen molar-refractivity contribution in [3.8, 4) is 5.75 Å². The molecule has 0 aromatic heterocycles. The molecule has 0 radical (unpaired) electrons. The molecule has 0 fully saturated rings. The lowest BCUT2D eigenvalue weighted by molar-refractivity contribution is 0.254. The third-order valence-electron chi connectivity index (χ3n) is 3.20. The van der Waals surface area contributed by atoms with Gasteiger partial charge in [0.05, 0.1) is 12.4 Å². The molecule has 1 N–H and O–H groups in total. The number of rotatable bonds is 5. The summed E-state index contributed by atoms with van der Waals surface area (Å²) in [4.78, 5) is 0. The van der Waals surface area contributed by atoms with E-state index >= 15 is 0 Å². The number of benzene rings is 1. The first kappa shape index (κ1) is 13.4. The van der Waals surface area contributed by atoms with Gasteiger partial charge in [-0.2, -0.15) is 0 Å². The van der Waals surface area contributed by atoms with Crippen molar-refractivity contribution < 1.29 is 13.2 Å². The first-order chi connectivity index (χ1) is 8.62. The van der Waals surface area contributed by atoms with E-state index in [1.165, 1.54) is 0 Å². The standard InChI is InChI=1S/C13H19NO3S/c1-2-18(15,16)10-8-14-12-7-9-17-13-6-4-3-5-11(12)13/h3-6,12,14H,2,7-10H2,1H3. The van der Waals surface area contributed by atoms with E-state index in [1.807, 2.05) is 24.3 Å². The second kappa shape index (κ2) is 5.71. The van der Waals surface area contributed by atoms with Gasteiger partial charge in [-0.15, -0.1) is 0 Å². The van der Waals surface area contributed by atoms with Crippen LogP contribution in [0.15, 0.2) is 24.3 Å². The molecule has 1 aromatic carbocycles. The van der Waals surface area contributed by atoms with Gasteiger partial charge in [0.2, 0.25) is 0 Å².